The summed E-state index contributed by atoms with van der Waals surface area (Å²) in [7, 11) is 0. The van der Waals surface area contributed by atoms with Gasteiger partial charge in [0.05, 0.1) is 24.4 Å². The van der Waals surface area contributed by atoms with Crippen molar-refractivity contribution in [2.45, 2.75) is 71.9 Å². The molecule has 1 saturated carbocycles. The summed E-state index contributed by atoms with van der Waals surface area (Å²) in [6.45, 7) is 7.75. The maximum absolute atomic E-state index is 12.7. The molecule has 0 radical (unpaired) electrons. The van der Waals surface area contributed by atoms with Gasteiger partial charge >= 0.3 is 5.97 Å². The van der Waals surface area contributed by atoms with Crippen LogP contribution in [-0.4, -0.2) is 41.0 Å². The molecule has 0 unspecified atom stereocenters. The number of aromatic nitrogens is 1. The van der Waals surface area contributed by atoms with Crippen LogP contribution in [0.1, 0.15) is 80.6 Å². The van der Waals surface area contributed by atoms with Crippen molar-refractivity contribution in [1.29, 1.82) is 0 Å². The van der Waals surface area contributed by atoms with E-state index in [-0.39, 0.29) is 13.2 Å². The summed E-state index contributed by atoms with van der Waals surface area (Å²) >= 11 is 5.33. The van der Waals surface area contributed by atoms with Gasteiger partial charge < -0.3 is 24.7 Å². The highest BCUT2D eigenvalue weighted by atomic mass is 32.1. The number of rotatable bonds is 9. The maximum Gasteiger partial charge on any atom is 0.338 e. The highest BCUT2D eigenvalue weighted by molar-refractivity contribution is 7.80. The monoisotopic (exact) mass is 551 g/mol. The van der Waals surface area contributed by atoms with E-state index in [1.54, 1.807) is 32.2 Å². The van der Waals surface area contributed by atoms with Crippen LogP contribution < -0.4 is 20.8 Å². The first-order valence-electron chi connectivity index (χ1n) is 13.5. The number of aryl methyl sites for hydroxylation is 1. The second kappa shape index (κ2) is 12.9. The first kappa shape index (κ1) is 28.4. The Balaban J connectivity index is 1.42. The molecular weight excluding hydrogens is 514 g/mol. The average Bonchev–Trinajstić information content (AvgIpc) is 3.20. The number of hydrazone groups is 1. The van der Waals surface area contributed by atoms with Gasteiger partial charge in [0.2, 0.25) is 0 Å². The predicted octanol–water partition coefficient (Wildman–Crippen LogP) is 4.50. The molecule has 1 aromatic carbocycles. The molecule has 2 heterocycles. The number of allylic oxidation sites excluding steroid dienone is 1. The minimum Gasteiger partial charge on any atom is -0.483 e. The lowest BCUT2D eigenvalue weighted by molar-refractivity contribution is -0.139. The third kappa shape index (κ3) is 6.68. The molecule has 2 aromatic rings. The molecule has 4 rings (SSSR count). The first-order chi connectivity index (χ1) is 18.8. The number of ether oxygens (including phenoxy) is 2. The second-order valence-corrected chi connectivity index (χ2v) is 10.3. The quantitative estimate of drug-likeness (QED) is 0.182. The van der Waals surface area contributed by atoms with Gasteiger partial charge in [0.15, 0.2) is 11.7 Å². The van der Waals surface area contributed by atoms with Crippen LogP contribution in [0.5, 0.6) is 5.75 Å². The highest BCUT2D eigenvalue weighted by Gasteiger charge is 2.32. The topological polar surface area (TPSA) is 106 Å². The van der Waals surface area contributed by atoms with Crippen molar-refractivity contribution in [2.24, 2.45) is 5.10 Å². The predicted molar refractivity (Wildman–Crippen MR) is 155 cm³/mol. The van der Waals surface area contributed by atoms with Crippen molar-refractivity contribution in [2.75, 3.05) is 13.2 Å². The number of para-hydroxylation sites is 1. The molecule has 1 amide bonds. The summed E-state index contributed by atoms with van der Waals surface area (Å²) in [5.41, 5.74) is 7.60. The van der Waals surface area contributed by atoms with E-state index in [0.29, 0.717) is 33.7 Å². The second-order valence-electron chi connectivity index (χ2n) is 9.90. The van der Waals surface area contributed by atoms with Crippen molar-refractivity contribution < 1.29 is 19.1 Å². The summed E-state index contributed by atoms with van der Waals surface area (Å²) in [6, 6.07) is 9.27. The molecule has 1 atom stereocenters. The molecule has 39 heavy (non-hydrogen) atoms. The number of nitrogens with zero attached hydrogens (tertiary/aromatic N) is 2. The number of thiocarbonyl (C=S) groups is 1. The molecule has 1 aliphatic heterocycles. The Morgan fingerprint density at radius 3 is 2.67 bits per heavy atom. The summed E-state index contributed by atoms with van der Waals surface area (Å²) in [6.07, 6.45) is 7.95. The first-order valence-corrected chi connectivity index (χ1v) is 13.9. The van der Waals surface area contributed by atoms with Crippen LogP contribution in [0.25, 0.3) is 0 Å². The van der Waals surface area contributed by atoms with Gasteiger partial charge in [-0.25, -0.2) is 10.2 Å². The minimum absolute atomic E-state index is 0.246. The molecule has 208 valence electrons. The van der Waals surface area contributed by atoms with Crippen molar-refractivity contribution in [3.05, 3.63) is 64.1 Å². The highest BCUT2D eigenvalue weighted by Crippen LogP contribution is 2.34. The smallest absolute Gasteiger partial charge is 0.338 e. The van der Waals surface area contributed by atoms with E-state index in [0.717, 1.165) is 11.3 Å². The van der Waals surface area contributed by atoms with Gasteiger partial charge in [0.25, 0.3) is 5.91 Å². The molecule has 9 nitrogen and oxygen atoms in total. The van der Waals surface area contributed by atoms with E-state index in [9.17, 15) is 9.59 Å². The largest absolute Gasteiger partial charge is 0.483 e. The summed E-state index contributed by atoms with van der Waals surface area (Å²) < 4.78 is 13.5. The Bertz CT molecular complexity index is 1290. The number of hydrogen-bond acceptors (Lipinski definition) is 6. The van der Waals surface area contributed by atoms with E-state index >= 15 is 0 Å². The van der Waals surface area contributed by atoms with Crippen LogP contribution in [0.2, 0.25) is 0 Å². The molecule has 1 aliphatic carbocycles. The van der Waals surface area contributed by atoms with E-state index in [2.05, 4.69) is 45.6 Å². The van der Waals surface area contributed by atoms with Gasteiger partial charge in [-0.1, -0.05) is 37.5 Å². The zero-order chi connectivity index (χ0) is 27.9. The fraction of sp³-hybridized carbons (Fsp3) is 0.448. The molecule has 10 heteroatoms. The van der Waals surface area contributed by atoms with Crippen LogP contribution in [0.4, 0.5) is 0 Å². The molecule has 0 bridgehead atoms. The van der Waals surface area contributed by atoms with Gasteiger partial charge in [-0.2, -0.15) is 5.10 Å². The number of esters is 1. The van der Waals surface area contributed by atoms with Crippen molar-refractivity contribution in [3.63, 3.8) is 0 Å². The third-order valence-corrected chi connectivity index (χ3v) is 7.43. The Kier molecular flexibility index (Phi) is 9.40. The van der Waals surface area contributed by atoms with E-state index in [1.165, 1.54) is 37.8 Å². The lowest BCUT2D eigenvalue weighted by Gasteiger charge is -2.30. The number of benzene rings is 1. The zero-order valence-corrected chi connectivity index (χ0v) is 23.8. The Morgan fingerprint density at radius 1 is 1.18 bits per heavy atom. The van der Waals surface area contributed by atoms with E-state index < -0.39 is 17.9 Å². The Labute approximate surface area is 235 Å². The molecule has 3 N–H and O–H groups in total. The van der Waals surface area contributed by atoms with Crippen LogP contribution in [-0.2, 0) is 14.3 Å². The van der Waals surface area contributed by atoms with Crippen molar-refractivity contribution in [3.8, 4) is 5.75 Å². The van der Waals surface area contributed by atoms with E-state index in [1.807, 2.05) is 12.1 Å². The molecule has 1 aromatic heterocycles. The van der Waals surface area contributed by atoms with Gasteiger partial charge in [-0.05, 0) is 64.9 Å². The molecule has 0 spiro atoms. The van der Waals surface area contributed by atoms with Crippen LogP contribution in [0.15, 0.2) is 46.7 Å². The van der Waals surface area contributed by atoms with Gasteiger partial charge in [-0.15, -0.1) is 0 Å². The number of amides is 1. The SMILES string of the molecule is CCOC(=O)C1=C(C)NC(=S)N[C@H]1c1ccccc1OCC(=O)NN=Cc1cc(C)n(C2CCCCC2)c1C. The molecule has 2 aliphatic rings. The van der Waals surface area contributed by atoms with Gasteiger partial charge in [0.1, 0.15) is 5.75 Å². The molecule has 0 saturated heterocycles. The standard InChI is InChI=1S/C29H37N5O4S/c1-5-37-28(36)26-19(3)31-29(39)32-27(26)23-13-9-10-14-24(23)38-17-25(35)33-30-16-21-15-18(2)34(20(21)4)22-11-7-6-8-12-22/h9-10,13-16,22,27H,5-8,11-12,17H2,1-4H3,(H,33,35)(H2,31,32,39)/t27-/m0/s1. The third-order valence-electron chi connectivity index (χ3n) is 7.21. The number of nitrogens with one attached hydrogen (secondary N) is 3. The van der Waals surface area contributed by atoms with E-state index in [4.69, 9.17) is 21.7 Å². The van der Waals surface area contributed by atoms with Crippen molar-refractivity contribution >= 4 is 35.4 Å². The zero-order valence-electron chi connectivity index (χ0n) is 23.0. The van der Waals surface area contributed by atoms with Crippen LogP contribution in [0.3, 0.4) is 0 Å². The Hall–Kier alpha value is -3.66. The summed E-state index contributed by atoms with van der Waals surface area (Å²) in [5.74, 6) is -0.398. The number of carbonyl (C=O) groups is 2. The van der Waals surface area contributed by atoms with Crippen molar-refractivity contribution in [1.82, 2.24) is 20.6 Å². The summed E-state index contributed by atoms with van der Waals surface area (Å²) in [4.78, 5) is 25.3. The minimum atomic E-state index is -0.588. The lowest BCUT2D eigenvalue weighted by atomic mass is 9.95. The normalized spacial score (nSPS) is 18.1. The molecule has 1 fully saturated rings. The lowest BCUT2D eigenvalue weighted by Crippen LogP contribution is -2.45. The number of hydrogen-bond donors (Lipinski definition) is 3. The molecular formula is C29H37N5O4S. The van der Waals surface area contributed by atoms with Gasteiger partial charge in [-0.3, -0.25) is 4.79 Å². The average molecular weight is 552 g/mol. The number of carbonyl (C=O) groups excluding carboxylic acids is 2. The summed E-state index contributed by atoms with van der Waals surface area (Å²) in [5, 5.41) is 10.7. The maximum atomic E-state index is 12.7. The van der Waals surface area contributed by atoms with Crippen LogP contribution in [0, 0.1) is 13.8 Å². The fourth-order valence-electron chi connectivity index (χ4n) is 5.44. The van der Waals surface area contributed by atoms with Gasteiger partial charge in [0, 0.05) is 34.3 Å². The van der Waals surface area contributed by atoms with Crippen LogP contribution >= 0.6 is 12.2 Å². The Morgan fingerprint density at radius 2 is 1.92 bits per heavy atom. The fourth-order valence-corrected chi connectivity index (χ4v) is 5.71.